The summed E-state index contributed by atoms with van der Waals surface area (Å²) in [6.07, 6.45) is 5.95. The second-order valence-corrected chi connectivity index (χ2v) is 11.8. The number of hydrogen-bond acceptors (Lipinski definition) is 6. The number of amides is 2. The molecule has 0 spiro atoms. The average Bonchev–Trinajstić information content (AvgIpc) is 2.78. The van der Waals surface area contributed by atoms with Crippen molar-refractivity contribution in [2.24, 2.45) is 16.5 Å². The van der Waals surface area contributed by atoms with Gasteiger partial charge in [0, 0.05) is 6.54 Å². The molecule has 8 nitrogen and oxygen atoms in total. The minimum absolute atomic E-state index is 0.0241. The number of unbranched alkanes of at least 4 members (excludes halogenated alkanes) is 4. The Morgan fingerprint density at radius 3 is 2.11 bits per heavy atom. The number of Topliss-reactive ketones (excluding diaryl/α,β-unsaturated/α-hetero) is 1. The van der Waals surface area contributed by atoms with E-state index in [1.807, 2.05) is 20.8 Å². The van der Waals surface area contributed by atoms with Crippen LogP contribution in [0.4, 0.5) is 0 Å². The van der Waals surface area contributed by atoms with Gasteiger partial charge in [-0.3, -0.25) is 14.4 Å². The van der Waals surface area contributed by atoms with E-state index in [1.54, 1.807) is 12.1 Å². The lowest BCUT2D eigenvalue weighted by Crippen LogP contribution is -2.55. The summed E-state index contributed by atoms with van der Waals surface area (Å²) in [6.45, 7) is 7.98. The molecule has 4 N–H and O–H groups in total. The van der Waals surface area contributed by atoms with Crippen molar-refractivity contribution in [3.05, 3.63) is 29.8 Å². The molecule has 1 aromatic carbocycles. The van der Waals surface area contributed by atoms with E-state index in [9.17, 15) is 22.8 Å². The molecule has 0 aliphatic carbocycles. The summed E-state index contributed by atoms with van der Waals surface area (Å²) in [5, 5.41) is 10.8. The van der Waals surface area contributed by atoms with Crippen LogP contribution in [-0.2, 0) is 30.8 Å². The molecule has 0 aliphatic heterocycles. The molecular formula is C25H41N3O5S2. The number of hydrogen-bond donors (Lipinski definition) is 4. The number of sulfonamides is 1. The zero-order valence-electron chi connectivity index (χ0n) is 21.3. The topological polar surface area (TPSA) is 135 Å². The fourth-order valence-electron chi connectivity index (χ4n) is 3.70. The number of rotatable bonds is 15. The molecule has 0 aliphatic rings. The molecule has 0 saturated heterocycles. The molecule has 10 heteroatoms. The van der Waals surface area contributed by atoms with Crippen molar-refractivity contribution in [2.75, 3.05) is 12.3 Å². The van der Waals surface area contributed by atoms with E-state index in [-0.39, 0.29) is 22.3 Å². The largest absolute Gasteiger partial charge is 0.354 e. The Hall–Kier alpha value is -1.91. The number of benzene rings is 1. The first-order chi connectivity index (χ1) is 16.3. The van der Waals surface area contributed by atoms with Crippen molar-refractivity contribution < 1.29 is 22.8 Å². The summed E-state index contributed by atoms with van der Waals surface area (Å²) < 4.78 is 22.7. The third kappa shape index (κ3) is 11.1. The van der Waals surface area contributed by atoms with Gasteiger partial charge in [0.15, 0.2) is 5.78 Å². The van der Waals surface area contributed by atoms with E-state index in [0.717, 1.165) is 37.7 Å². The number of ketones is 1. The minimum atomic E-state index is -3.76. The zero-order valence-corrected chi connectivity index (χ0v) is 23.0. The Labute approximate surface area is 215 Å². The van der Waals surface area contributed by atoms with Crippen LogP contribution in [0.5, 0.6) is 0 Å². The summed E-state index contributed by atoms with van der Waals surface area (Å²) in [4.78, 5) is 38.4. The summed E-state index contributed by atoms with van der Waals surface area (Å²) in [7, 11) is -3.76. The summed E-state index contributed by atoms with van der Waals surface area (Å²) in [5.41, 5.74) is 0.253. The number of nitrogens with two attached hydrogens (primary N) is 1. The normalized spacial score (nSPS) is 13.7. The Morgan fingerprint density at radius 2 is 1.60 bits per heavy atom. The van der Waals surface area contributed by atoms with Gasteiger partial charge in [-0.25, -0.2) is 13.6 Å². The molecule has 0 radical (unpaired) electrons. The molecule has 1 unspecified atom stereocenters. The standard InChI is InChI=1S/C25H41N3O5S2/c1-5-6-7-8-9-10-20(21(29)17-34)23(30)28-22(25(2,3)4)24(31)27-16-15-18-11-13-19(14-12-18)35(26,32)33/h11-14,20,22,34H,5-10,15-17H2,1-4H3,(H,27,31)(H,28,30)(H2,26,32,33)/t20?,22-/m1/s1. The number of nitrogens with one attached hydrogen (secondary N) is 2. The maximum absolute atomic E-state index is 13.0. The molecule has 2 atom stereocenters. The molecule has 0 heterocycles. The fourth-order valence-corrected chi connectivity index (χ4v) is 4.43. The van der Waals surface area contributed by atoms with Gasteiger partial charge in [0.05, 0.1) is 16.6 Å². The van der Waals surface area contributed by atoms with Gasteiger partial charge in [0.1, 0.15) is 6.04 Å². The molecule has 0 aromatic heterocycles. The SMILES string of the molecule is CCCCCCCC(C(=O)CS)C(=O)N[C@H](C(=O)NCCc1ccc(S(N)(=O)=O)cc1)C(C)(C)C. The molecule has 0 fully saturated rings. The first kappa shape index (κ1) is 31.1. The highest BCUT2D eigenvalue weighted by Gasteiger charge is 2.35. The highest BCUT2D eigenvalue weighted by atomic mass is 32.2. The number of carbonyl (C=O) groups excluding carboxylic acids is 3. The van der Waals surface area contributed by atoms with Crippen LogP contribution in [0, 0.1) is 11.3 Å². The van der Waals surface area contributed by atoms with Gasteiger partial charge in [-0.15, -0.1) is 0 Å². The second kappa shape index (κ2) is 14.6. The first-order valence-corrected chi connectivity index (χ1v) is 14.3. The molecule has 1 aromatic rings. The number of thiol groups is 1. The lowest BCUT2D eigenvalue weighted by atomic mass is 9.85. The van der Waals surface area contributed by atoms with Crippen LogP contribution < -0.4 is 15.8 Å². The predicted octanol–water partition coefficient (Wildman–Crippen LogP) is 3.00. The van der Waals surface area contributed by atoms with Gasteiger partial charge < -0.3 is 10.6 Å². The zero-order chi connectivity index (χ0) is 26.6. The smallest absolute Gasteiger partial charge is 0.243 e. The van der Waals surface area contributed by atoms with Crippen molar-refractivity contribution in [3.8, 4) is 0 Å². The average molecular weight is 528 g/mol. The Balaban J connectivity index is 2.76. The molecule has 35 heavy (non-hydrogen) atoms. The maximum atomic E-state index is 13.0. The van der Waals surface area contributed by atoms with E-state index in [1.165, 1.54) is 12.1 Å². The van der Waals surface area contributed by atoms with E-state index in [0.29, 0.717) is 19.4 Å². The van der Waals surface area contributed by atoms with Gasteiger partial charge in [-0.1, -0.05) is 71.9 Å². The van der Waals surface area contributed by atoms with E-state index < -0.39 is 33.3 Å². The molecular weight excluding hydrogens is 486 g/mol. The summed E-state index contributed by atoms with van der Waals surface area (Å²) in [5.74, 6) is -1.86. The van der Waals surface area contributed by atoms with E-state index >= 15 is 0 Å². The maximum Gasteiger partial charge on any atom is 0.243 e. The number of carbonyl (C=O) groups is 3. The Bertz CT molecular complexity index is 941. The first-order valence-electron chi connectivity index (χ1n) is 12.1. The van der Waals surface area contributed by atoms with Gasteiger partial charge in [0.25, 0.3) is 0 Å². The Morgan fingerprint density at radius 1 is 1.00 bits per heavy atom. The third-order valence-electron chi connectivity index (χ3n) is 5.84. The molecule has 2 amide bonds. The highest BCUT2D eigenvalue weighted by molar-refractivity contribution is 7.89. The van der Waals surface area contributed by atoms with Crippen LogP contribution in [0.3, 0.4) is 0 Å². The van der Waals surface area contributed by atoms with Gasteiger partial charge >= 0.3 is 0 Å². The predicted molar refractivity (Wildman–Crippen MR) is 142 cm³/mol. The molecule has 0 bridgehead atoms. The molecule has 1 rings (SSSR count). The monoisotopic (exact) mass is 527 g/mol. The van der Waals surface area contributed by atoms with Crippen molar-refractivity contribution >= 4 is 40.2 Å². The van der Waals surface area contributed by atoms with Gasteiger partial charge in [0.2, 0.25) is 21.8 Å². The third-order valence-corrected chi connectivity index (χ3v) is 7.08. The summed E-state index contributed by atoms with van der Waals surface area (Å²) >= 11 is 4.07. The van der Waals surface area contributed by atoms with Crippen molar-refractivity contribution in [2.45, 2.75) is 83.6 Å². The van der Waals surface area contributed by atoms with Crippen molar-refractivity contribution in [3.63, 3.8) is 0 Å². The van der Waals surface area contributed by atoms with Crippen LogP contribution in [-0.4, -0.2) is 44.4 Å². The van der Waals surface area contributed by atoms with Crippen LogP contribution in [0.2, 0.25) is 0 Å². The number of primary sulfonamides is 1. The van der Waals surface area contributed by atoms with Crippen LogP contribution >= 0.6 is 12.6 Å². The Kier molecular flexibility index (Phi) is 13.0. The molecule has 0 saturated carbocycles. The van der Waals surface area contributed by atoms with Crippen molar-refractivity contribution in [1.29, 1.82) is 0 Å². The van der Waals surface area contributed by atoms with Gasteiger partial charge in [-0.2, -0.15) is 12.6 Å². The summed E-state index contributed by atoms with van der Waals surface area (Å²) in [6, 6.07) is 5.30. The quantitative estimate of drug-likeness (QED) is 0.158. The van der Waals surface area contributed by atoms with Crippen LogP contribution in [0.15, 0.2) is 29.2 Å². The minimum Gasteiger partial charge on any atom is -0.354 e. The highest BCUT2D eigenvalue weighted by Crippen LogP contribution is 2.21. The van der Waals surface area contributed by atoms with Crippen molar-refractivity contribution in [1.82, 2.24) is 10.6 Å². The van der Waals surface area contributed by atoms with E-state index in [2.05, 4.69) is 30.2 Å². The van der Waals surface area contributed by atoms with Crippen LogP contribution in [0.25, 0.3) is 0 Å². The van der Waals surface area contributed by atoms with E-state index in [4.69, 9.17) is 5.14 Å². The second-order valence-electron chi connectivity index (χ2n) is 9.92. The molecule has 198 valence electrons. The van der Waals surface area contributed by atoms with Gasteiger partial charge in [-0.05, 0) is 36.0 Å². The van der Waals surface area contributed by atoms with Crippen LogP contribution in [0.1, 0.15) is 71.8 Å². The lowest BCUT2D eigenvalue weighted by Gasteiger charge is -2.31. The fraction of sp³-hybridized carbons (Fsp3) is 0.640. The lowest BCUT2D eigenvalue weighted by molar-refractivity contribution is -0.137.